The summed E-state index contributed by atoms with van der Waals surface area (Å²) in [7, 11) is 1.59. The number of furan rings is 1. The average molecular weight is 334 g/mol. The zero-order chi connectivity index (χ0) is 14.0. The maximum absolute atomic E-state index is 13.0. The Balaban J connectivity index is 2.50. The van der Waals surface area contributed by atoms with E-state index in [1.807, 2.05) is 0 Å². The van der Waals surface area contributed by atoms with Gasteiger partial charge in [-0.1, -0.05) is 18.2 Å². The monoisotopic (exact) mass is 333 g/mol. The van der Waals surface area contributed by atoms with Crippen LogP contribution in [0.5, 0.6) is 0 Å². The van der Waals surface area contributed by atoms with Crippen molar-refractivity contribution >= 4 is 15.9 Å². The first kappa shape index (κ1) is 14.1. The van der Waals surface area contributed by atoms with E-state index in [0.29, 0.717) is 10.4 Å². The van der Waals surface area contributed by atoms with E-state index < -0.39 is 17.8 Å². The SMILES string of the molecule is CNC(c1ccc(Br)o1)c1ccccc1C(F)(F)F. The van der Waals surface area contributed by atoms with Crippen molar-refractivity contribution in [3.8, 4) is 0 Å². The molecule has 1 atom stereocenters. The molecule has 0 spiro atoms. The van der Waals surface area contributed by atoms with Gasteiger partial charge >= 0.3 is 6.18 Å². The molecular formula is C13H11BrF3NO. The highest BCUT2D eigenvalue weighted by molar-refractivity contribution is 9.10. The number of rotatable bonds is 3. The summed E-state index contributed by atoms with van der Waals surface area (Å²) in [6.07, 6.45) is -4.39. The van der Waals surface area contributed by atoms with Gasteiger partial charge in [-0.3, -0.25) is 0 Å². The van der Waals surface area contributed by atoms with Crippen molar-refractivity contribution in [1.82, 2.24) is 5.32 Å². The van der Waals surface area contributed by atoms with E-state index in [0.717, 1.165) is 6.07 Å². The maximum atomic E-state index is 13.0. The van der Waals surface area contributed by atoms with Gasteiger partial charge < -0.3 is 9.73 Å². The third kappa shape index (κ3) is 3.01. The van der Waals surface area contributed by atoms with Crippen LogP contribution in [0.25, 0.3) is 0 Å². The largest absolute Gasteiger partial charge is 0.452 e. The molecule has 0 saturated heterocycles. The molecule has 19 heavy (non-hydrogen) atoms. The van der Waals surface area contributed by atoms with Crippen LogP contribution in [-0.2, 0) is 6.18 Å². The molecule has 102 valence electrons. The summed E-state index contributed by atoms with van der Waals surface area (Å²) in [5, 5.41) is 2.85. The van der Waals surface area contributed by atoms with Gasteiger partial charge in [-0.15, -0.1) is 0 Å². The highest BCUT2D eigenvalue weighted by atomic mass is 79.9. The summed E-state index contributed by atoms with van der Waals surface area (Å²) >= 11 is 3.14. The molecule has 0 aliphatic heterocycles. The molecule has 1 aromatic heterocycles. The molecule has 2 nitrogen and oxygen atoms in total. The van der Waals surface area contributed by atoms with E-state index in [1.165, 1.54) is 12.1 Å². The molecule has 0 amide bonds. The van der Waals surface area contributed by atoms with Crippen molar-refractivity contribution in [1.29, 1.82) is 0 Å². The van der Waals surface area contributed by atoms with Gasteiger partial charge in [0.2, 0.25) is 0 Å². The lowest BCUT2D eigenvalue weighted by Gasteiger charge is -2.19. The molecule has 1 N–H and O–H groups in total. The van der Waals surface area contributed by atoms with Gasteiger partial charge in [-0.2, -0.15) is 13.2 Å². The van der Waals surface area contributed by atoms with Crippen LogP contribution in [0.15, 0.2) is 45.5 Å². The second-order valence-corrected chi connectivity index (χ2v) is 4.73. The van der Waals surface area contributed by atoms with Crippen LogP contribution >= 0.6 is 15.9 Å². The molecule has 0 fully saturated rings. The highest BCUT2D eigenvalue weighted by Gasteiger charge is 2.35. The molecule has 1 aromatic carbocycles. The number of nitrogens with one attached hydrogen (secondary N) is 1. The van der Waals surface area contributed by atoms with E-state index >= 15 is 0 Å². The van der Waals surface area contributed by atoms with Gasteiger partial charge in [0, 0.05) is 0 Å². The van der Waals surface area contributed by atoms with Crippen LogP contribution in [-0.4, -0.2) is 7.05 Å². The van der Waals surface area contributed by atoms with Crippen LogP contribution in [0.1, 0.15) is 22.9 Å². The Bertz CT molecular complexity index is 565. The third-order valence-electron chi connectivity index (χ3n) is 2.74. The Morgan fingerprint density at radius 1 is 1.16 bits per heavy atom. The van der Waals surface area contributed by atoms with E-state index in [4.69, 9.17) is 4.42 Å². The van der Waals surface area contributed by atoms with E-state index in [1.54, 1.807) is 25.2 Å². The summed E-state index contributed by atoms with van der Waals surface area (Å²) in [6.45, 7) is 0. The van der Waals surface area contributed by atoms with Gasteiger partial charge in [-0.25, -0.2) is 0 Å². The fourth-order valence-electron chi connectivity index (χ4n) is 1.94. The summed E-state index contributed by atoms with van der Waals surface area (Å²) in [6, 6.07) is 8.10. The first-order valence-corrected chi connectivity index (χ1v) is 6.31. The average Bonchev–Trinajstić information content (AvgIpc) is 2.76. The number of halogens is 4. The lowest BCUT2D eigenvalue weighted by molar-refractivity contribution is -0.138. The number of benzene rings is 1. The zero-order valence-corrected chi connectivity index (χ0v) is 11.5. The maximum Gasteiger partial charge on any atom is 0.416 e. The highest BCUT2D eigenvalue weighted by Crippen LogP contribution is 2.37. The van der Waals surface area contributed by atoms with Gasteiger partial charge in [-0.05, 0) is 46.7 Å². The van der Waals surface area contributed by atoms with Crippen LogP contribution < -0.4 is 5.32 Å². The summed E-state index contributed by atoms with van der Waals surface area (Å²) in [5.41, 5.74) is -0.527. The van der Waals surface area contributed by atoms with Crippen LogP contribution in [0.3, 0.4) is 0 Å². The van der Waals surface area contributed by atoms with E-state index in [9.17, 15) is 13.2 Å². The molecular weight excluding hydrogens is 323 g/mol. The predicted octanol–water partition coefficient (Wildman–Crippen LogP) is 4.37. The zero-order valence-electron chi connectivity index (χ0n) is 9.96. The van der Waals surface area contributed by atoms with Gasteiger partial charge in [0.05, 0.1) is 11.6 Å². The normalized spacial score (nSPS) is 13.5. The fraction of sp³-hybridized carbons (Fsp3) is 0.231. The Morgan fingerprint density at radius 3 is 2.37 bits per heavy atom. The van der Waals surface area contributed by atoms with Crippen molar-refractivity contribution in [3.63, 3.8) is 0 Å². The second-order valence-electron chi connectivity index (χ2n) is 3.95. The Morgan fingerprint density at radius 2 is 1.84 bits per heavy atom. The lowest BCUT2D eigenvalue weighted by Crippen LogP contribution is -2.21. The van der Waals surface area contributed by atoms with Gasteiger partial charge in [0.1, 0.15) is 5.76 Å². The van der Waals surface area contributed by atoms with Crippen molar-refractivity contribution in [2.75, 3.05) is 7.05 Å². The molecule has 6 heteroatoms. The molecule has 2 rings (SSSR count). The molecule has 0 bridgehead atoms. The minimum absolute atomic E-state index is 0.138. The molecule has 1 heterocycles. The Kier molecular flexibility index (Phi) is 4.01. The summed E-state index contributed by atoms with van der Waals surface area (Å²) in [4.78, 5) is 0. The predicted molar refractivity (Wildman–Crippen MR) is 68.8 cm³/mol. The fourth-order valence-corrected chi connectivity index (χ4v) is 2.26. The number of hydrogen-bond acceptors (Lipinski definition) is 2. The first-order valence-electron chi connectivity index (χ1n) is 5.52. The standard InChI is InChI=1S/C13H11BrF3NO/c1-18-12(10-6-7-11(14)19-10)8-4-2-3-5-9(8)13(15,16)17/h2-7,12,18H,1H3. The topological polar surface area (TPSA) is 25.2 Å². The van der Waals surface area contributed by atoms with Crippen molar-refractivity contribution in [3.05, 3.63) is 58.0 Å². The first-order chi connectivity index (χ1) is 8.93. The lowest BCUT2D eigenvalue weighted by atomic mass is 9.98. The minimum atomic E-state index is -4.39. The quantitative estimate of drug-likeness (QED) is 0.902. The Labute approximate surface area is 116 Å². The van der Waals surface area contributed by atoms with Crippen molar-refractivity contribution in [2.45, 2.75) is 12.2 Å². The number of hydrogen-bond donors (Lipinski definition) is 1. The molecule has 0 radical (unpaired) electrons. The van der Waals surface area contributed by atoms with Crippen molar-refractivity contribution in [2.24, 2.45) is 0 Å². The van der Waals surface area contributed by atoms with Crippen molar-refractivity contribution < 1.29 is 17.6 Å². The number of alkyl halides is 3. The second kappa shape index (κ2) is 5.38. The van der Waals surface area contributed by atoms with Crippen LogP contribution in [0, 0.1) is 0 Å². The summed E-state index contributed by atoms with van der Waals surface area (Å²) < 4.78 is 44.8. The van der Waals surface area contributed by atoms with E-state index in [2.05, 4.69) is 21.2 Å². The van der Waals surface area contributed by atoms with Crippen LogP contribution in [0.4, 0.5) is 13.2 Å². The third-order valence-corrected chi connectivity index (χ3v) is 3.17. The molecule has 0 aliphatic rings. The smallest absolute Gasteiger partial charge is 0.416 e. The molecule has 2 aromatic rings. The van der Waals surface area contributed by atoms with Gasteiger partial charge in [0.25, 0.3) is 0 Å². The van der Waals surface area contributed by atoms with Crippen LogP contribution in [0.2, 0.25) is 0 Å². The molecule has 0 saturated carbocycles. The summed E-state index contributed by atoms with van der Waals surface area (Å²) in [5.74, 6) is 0.422. The van der Waals surface area contributed by atoms with Gasteiger partial charge in [0.15, 0.2) is 4.67 Å². The molecule has 0 aliphatic carbocycles. The minimum Gasteiger partial charge on any atom is -0.452 e. The van der Waals surface area contributed by atoms with E-state index in [-0.39, 0.29) is 5.56 Å². The Hall–Kier alpha value is -1.27. The molecule has 1 unspecified atom stereocenters.